The molecule has 5 nitrogen and oxygen atoms in total. The monoisotopic (exact) mass is 450 g/mol. The molecule has 1 aliphatic heterocycles. The summed E-state index contributed by atoms with van der Waals surface area (Å²) >= 11 is 6.51. The van der Waals surface area contributed by atoms with Crippen LogP contribution in [0.2, 0.25) is 23.2 Å². The van der Waals surface area contributed by atoms with E-state index in [1.54, 1.807) is 0 Å². The van der Waals surface area contributed by atoms with E-state index >= 15 is 0 Å². The maximum atomic E-state index is 11.6. The van der Waals surface area contributed by atoms with Gasteiger partial charge in [0.25, 0.3) is 0 Å². The molecule has 30 heavy (non-hydrogen) atoms. The minimum atomic E-state index is -1.73. The van der Waals surface area contributed by atoms with Gasteiger partial charge in [-0.15, -0.1) is 0 Å². The summed E-state index contributed by atoms with van der Waals surface area (Å²) < 4.78 is 12.0. The highest BCUT2D eigenvalue weighted by Gasteiger charge is 2.36. The number of halogens is 1. The van der Waals surface area contributed by atoms with Crippen molar-refractivity contribution in [3.63, 3.8) is 0 Å². The van der Waals surface area contributed by atoms with Crippen molar-refractivity contribution in [3.05, 3.63) is 40.4 Å². The first kappa shape index (κ1) is 24.6. The molecule has 0 saturated carbocycles. The number of hydrogen-bond donors (Lipinski definition) is 1. The Kier molecular flexibility index (Phi) is 8.31. The molecule has 1 aromatic rings. The number of rotatable bonds is 8. The van der Waals surface area contributed by atoms with Crippen LogP contribution in [-0.2, 0) is 9.22 Å². The van der Waals surface area contributed by atoms with Crippen LogP contribution in [0.25, 0.3) is 0 Å². The lowest BCUT2D eigenvalue weighted by molar-refractivity contribution is -0.122. The second-order valence-corrected chi connectivity index (χ2v) is 14.5. The van der Waals surface area contributed by atoms with E-state index in [4.69, 9.17) is 20.8 Å². The van der Waals surface area contributed by atoms with E-state index < -0.39 is 8.32 Å². The topological polar surface area (TPSA) is 59.9 Å². The molecule has 0 fully saturated rings. The molecule has 166 valence electrons. The quantitative estimate of drug-likeness (QED) is 0.398. The molecule has 0 aliphatic carbocycles. The maximum Gasteiger partial charge on any atom is 0.240 e. The number of hydrogen-bond acceptors (Lipinski definition) is 4. The Bertz CT molecular complexity index is 805. The third kappa shape index (κ3) is 6.19. The summed E-state index contributed by atoms with van der Waals surface area (Å²) in [5, 5.41) is 5.02. The highest BCUT2D eigenvalue weighted by atomic mass is 35.5. The van der Waals surface area contributed by atoms with Crippen LogP contribution in [0.15, 0.2) is 29.4 Å². The number of benzene rings is 1. The fourth-order valence-corrected chi connectivity index (χ4v) is 4.29. The van der Waals surface area contributed by atoms with Gasteiger partial charge in [0.1, 0.15) is 12.4 Å². The first-order chi connectivity index (χ1) is 14.0. The summed E-state index contributed by atoms with van der Waals surface area (Å²) in [4.78, 5) is 11.6. The second kappa shape index (κ2) is 10.1. The van der Waals surface area contributed by atoms with Crippen LogP contribution < -0.4 is 10.2 Å². The normalized spacial score (nSPS) is 17.8. The Morgan fingerprint density at radius 1 is 1.27 bits per heavy atom. The van der Waals surface area contributed by atoms with Gasteiger partial charge in [0, 0.05) is 17.9 Å². The van der Waals surface area contributed by atoms with Gasteiger partial charge in [-0.2, -0.15) is 5.10 Å². The molecule has 0 bridgehead atoms. The lowest BCUT2D eigenvalue weighted by atomic mass is 9.89. The molecule has 0 radical (unpaired) electrons. The average Bonchev–Trinajstić information content (AvgIpc) is 2.64. The molecule has 0 saturated heterocycles. The number of hydrazone groups is 1. The molecule has 1 unspecified atom stereocenters. The van der Waals surface area contributed by atoms with Crippen molar-refractivity contribution in [2.45, 2.75) is 65.6 Å². The Morgan fingerprint density at radius 3 is 2.53 bits per heavy atom. The lowest BCUT2D eigenvalue weighted by Gasteiger charge is -2.35. The van der Waals surface area contributed by atoms with Gasteiger partial charge < -0.3 is 9.16 Å². The number of aryl methyl sites for hydroxylation is 1. The number of nitrogens with one attached hydrogen (secondary N) is 1. The van der Waals surface area contributed by atoms with E-state index in [-0.39, 0.29) is 16.9 Å². The molecule has 1 amide bonds. The fraction of sp³-hybridized carbons (Fsp3) is 0.565. The summed E-state index contributed by atoms with van der Waals surface area (Å²) in [5.41, 5.74) is 5.32. The number of amides is 1. The Labute approximate surface area is 187 Å². The van der Waals surface area contributed by atoms with Crippen molar-refractivity contribution < 1.29 is 14.0 Å². The van der Waals surface area contributed by atoms with Gasteiger partial charge in [0.15, 0.2) is 8.32 Å². The van der Waals surface area contributed by atoms with Crippen LogP contribution in [-0.4, -0.2) is 33.2 Å². The lowest BCUT2D eigenvalue weighted by Crippen LogP contribution is -2.40. The summed E-state index contributed by atoms with van der Waals surface area (Å²) in [5.74, 6) is 0.728. The summed E-state index contributed by atoms with van der Waals surface area (Å²) in [6, 6.07) is 3.89. The predicted octanol–water partition coefficient (Wildman–Crippen LogP) is 5.86. The molecule has 7 heteroatoms. The van der Waals surface area contributed by atoms with E-state index in [0.717, 1.165) is 23.3 Å². The van der Waals surface area contributed by atoms with Gasteiger partial charge >= 0.3 is 0 Å². The summed E-state index contributed by atoms with van der Waals surface area (Å²) in [7, 11) is -1.73. The van der Waals surface area contributed by atoms with Gasteiger partial charge in [-0.05, 0) is 55.2 Å². The highest BCUT2D eigenvalue weighted by Crippen LogP contribution is 2.36. The van der Waals surface area contributed by atoms with Gasteiger partial charge in [0.2, 0.25) is 5.91 Å². The third-order valence-electron chi connectivity index (χ3n) is 5.97. The Hall–Kier alpha value is -1.63. The SMILES string of the molecule is CCC1CC(=O)NN=C1c1cc(C)c(OC/C=C\CO[Si](C)(C)C(C)(C)C)c(Cl)c1. The van der Waals surface area contributed by atoms with E-state index in [0.29, 0.717) is 30.4 Å². The van der Waals surface area contributed by atoms with Crippen LogP contribution in [0.5, 0.6) is 5.75 Å². The minimum absolute atomic E-state index is 0.0438. The van der Waals surface area contributed by atoms with E-state index in [9.17, 15) is 4.79 Å². The van der Waals surface area contributed by atoms with Crippen molar-refractivity contribution in [2.24, 2.45) is 11.0 Å². The van der Waals surface area contributed by atoms with Gasteiger partial charge in [-0.3, -0.25) is 4.79 Å². The summed E-state index contributed by atoms with van der Waals surface area (Å²) in [6.45, 7) is 16.2. The van der Waals surface area contributed by atoms with Gasteiger partial charge in [-0.25, -0.2) is 5.43 Å². The highest BCUT2D eigenvalue weighted by molar-refractivity contribution is 6.74. The average molecular weight is 451 g/mol. The molecule has 1 N–H and O–H groups in total. The molecule has 0 spiro atoms. The number of ether oxygens (including phenoxy) is 1. The van der Waals surface area contributed by atoms with Crippen LogP contribution >= 0.6 is 11.6 Å². The van der Waals surface area contributed by atoms with Crippen LogP contribution in [0.4, 0.5) is 0 Å². The zero-order valence-electron chi connectivity index (χ0n) is 19.3. The molecule has 1 atom stereocenters. The summed E-state index contributed by atoms with van der Waals surface area (Å²) in [6.07, 6.45) is 5.27. The second-order valence-electron chi connectivity index (χ2n) is 9.30. The van der Waals surface area contributed by atoms with Gasteiger partial charge in [0.05, 0.1) is 17.3 Å². The predicted molar refractivity (Wildman–Crippen MR) is 127 cm³/mol. The smallest absolute Gasteiger partial charge is 0.240 e. The molecule has 1 heterocycles. The largest absolute Gasteiger partial charge is 0.488 e. The van der Waals surface area contributed by atoms with Crippen molar-refractivity contribution in [1.82, 2.24) is 5.43 Å². The molecule has 2 rings (SSSR count). The number of carbonyl (C=O) groups excluding carboxylic acids is 1. The zero-order valence-corrected chi connectivity index (χ0v) is 21.0. The number of carbonyl (C=O) groups is 1. The Morgan fingerprint density at radius 2 is 1.93 bits per heavy atom. The van der Waals surface area contributed by atoms with E-state index in [2.05, 4.69) is 51.3 Å². The standard InChI is InChI=1S/C23H35ClN2O3Si/c1-8-17-15-20(27)25-26-21(17)18-13-16(2)22(19(24)14-18)28-11-9-10-12-29-30(6,7)23(3,4)5/h9-10,13-14,17H,8,11-12,15H2,1-7H3,(H,25,27)/b10-9-. The van der Waals surface area contributed by atoms with Gasteiger partial charge in [-0.1, -0.05) is 45.4 Å². The van der Waals surface area contributed by atoms with E-state index in [1.807, 2.05) is 31.2 Å². The molecule has 1 aromatic carbocycles. The van der Waals surface area contributed by atoms with E-state index in [1.165, 1.54) is 0 Å². The van der Waals surface area contributed by atoms with Crippen molar-refractivity contribution in [1.29, 1.82) is 0 Å². The molecular formula is C23H35ClN2O3Si. The zero-order chi connectivity index (χ0) is 22.5. The first-order valence-corrected chi connectivity index (χ1v) is 13.8. The third-order valence-corrected chi connectivity index (χ3v) is 10.8. The van der Waals surface area contributed by atoms with Crippen LogP contribution in [0.1, 0.15) is 51.7 Å². The minimum Gasteiger partial charge on any atom is -0.488 e. The molecule has 1 aliphatic rings. The maximum absolute atomic E-state index is 11.6. The fourth-order valence-electron chi connectivity index (χ4n) is 3.02. The van der Waals surface area contributed by atoms with Crippen molar-refractivity contribution >= 4 is 31.5 Å². The first-order valence-electron chi connectivity index (χ1n) is 10.5. The Balaban J connectivity index is 1.99. The van der Waals surface area contributed by atoms with Crippen LogP contribution in [0, 0.1) is 12.8 Å². The molecular weight excluding hydrogens is 416 g/mol. The van der Waals surface area contributed by atoms with Crippen molar-refractivity contribution in [2.75, 3.05) is 13.2 Å². The van der Waals surface area contributed by atoms with Crippen LogP contribution in [0.3, 0.4) is 0 Å². The number of nitrogens with zero attached hydrogens (tertiary/aromatic N) is 1. The molecule has 0 aromatic heterocycles. The van der Waals surface area contributed by atoms with Crippen molar-refractivity contribution in [3.8, 4) is 5.75 Å².